The van der Waals surface area contributed by atoms with Crippen LogP contribution in [0.3, 0.4) is 0 Å². The Morgan fingerprint density at radius 3 is 2.32 bits per heavy atom. The van der Waals surface area contributed by atoms with E-state index in [1.165, 1.54) is 13.2 Å². The summed E-state index contributed by atoms with van der Waals surface area (Å²) < 4.78 is 24.0. The standard InChI is InChI=1S/C27H30O6Si/c1-30-24-15-21(33-34(2,3)4)16-25-27(24,26(29)31-18-19-11-7-5-8-12-19)23(28)17-22(32-25)20-13-9-6-10-14-20/h5-15,17,24-25H,16,18H2,1-4H3/t24-,25+,27+/m0/s1. The normalized spacial score (nSPS) is 24.3. The van der Waals surface area contributed by atoms with Crippen LogP contribution in [0.5, 0.6) is 0 Å². The van der Waals surface area contributed by atoms with Gasteiger partial charge in [-0.25, -0.2) is 0 Å². The summed E-state index contributed by atoms with van der Waals surface area (Å²) in [6.07, 6.45) is 1.67. The summed E-state index contributed by atoms with van der Waals surface area (Å²) in [5.41, 5.74) is -0.0662. The lowest BCUT2D eigenvalue weighted by Crippen LogP contribution is -2.61. The van der Waals surface area contributed by atoms with Gasteiger partial charge in [0.1, 0.15) is 24.6 Å². The van der Waals surface area contributed by atoms with Gasteiger partial charge < -0.3 is 18.6 Å². The van der Waals surface area contributed by atoms with Crippen molar-refractivity contribution in [3.63, 3.8) is 0 Å². The fraction of sp³-hybridized carbons (Fsp3) is 0.333. The molecule has 0 saturated heterocycles. The molecule has 0 spiro atoms. The topological polar surface area (TPSA) is 71.1 Å². The maximum Gasteiger partial charge on any atom is 0.327 e. The minimum atomic E-state index is -1.95. The Labute approximate surface area is 201 Å². The molecule has 0 amide bonds. The van der Waals surface area contributed by atoms with Crippen LogP contribution in [-0.2, 0) is 34.8 Å². The molecule has 0 aromatic heterocycles. The second-order valence-corrected chi connectivity index (χ2v) is 13.9. The fourth-order valence-corrected chi connectivity index (χ4v) is 5.36. The first-order chi connectivity index (χ1) is 16.2. The molecule has 0 radical (unpaired) electrons. The third-order valence-electron chi connectivity index (χ3n) is 5.92. The highest BCUT2D eigenvalue weighted by Gasteiger charge is 2.63. The van der Waals surface area contributed by atoms with Crippen molar-refractivity contribution in [1.29, 1.82) is 0 Å². The Morgan fingerprint density at radius 1 is 1.06 bits per heavy atom. The molecule has 0 unspecified atom stereocenters. The second kappa shape index (κ2) is 9.60. The summed E-state index contributed by atoms with van der Waals surface area (Å²) in [6.45, 7) is 6.28. The maximum atomic E-state index is 13.7. The second-order valence-electron chi connectivity index (χ2n) is 9.48. The van der Waals surface area contributed by atoms with Crippen LogP contribution in [-0.4, -0.2) is 39.4 Å². The highest BCUT2D eigenvalue weighted by Crippen LogP contribution is 2.47. The molecule has 0 N–H and O–H groups in total. The largest absolute Gasteiger partial charge is 0.547 e. The van der Waals surface area contributed by atoms with Crippen molar-refractivity contribution < 1.29 is 28.2 Å². The van der Waals surface area contributed by atoms with Gasteiger partial charge in [-0.1, -0.05) is 60.7 Å². The van der Waals surface area contributed by atoms with Crippen molar-refractivity contribution in [3.8, 4) is 0 Å². The SMILES string of the molecule is CO[C@H]1C=C(O[Si](C)(C)C)C[C@H]2OC(c3ccccc3)=CC(=O)[C@@]12C(=O)OCc1ccccc1. The Balaban J connectivity index is 1.73. The molecule has 1 aliphatic heterocycles. The first-order valence-electron chi connectivity index (χ1n) is 11.4. The highest BCUT2D eigenvalue weighted by atomic mass is 28.4. The zero-order chi connectivity index (χ0) is 24.3. The summed E-state index contributed by atoms with van der Waals surface area (Å²) in [7, 11) is -0.470. The van der Waals surface area contributed by atoms with E-state index in [0.29, 0.717) is 11.5 Å². The van der Waals surface area contributed by atoms with Gasteiger partial charge in [0.05, 0.1) is 5.76 Å². The number of carbonyl (C=O) groups is 2. The van der Waals surface area contributed by atoms with Crippen molar-refractivity contribution in [2.45, 2.75) is 44.9 Å². The molecule has 2 aliphatic rings. The highest BCUT2D eigenvalue weighted by molar-refractivity contribution is 6.70. The van der Waals surface area contributed by atoms with Crippen LogP contribution in [0, 0.1) is 5.41 Å². The van der Waals surface area contributed by atoms with Crippen LogP contribution < -0.4 is 0 Å². The van der Waals surface area contributed by atoms with Crippen molar-refractivity contribution in [2.75, 3.05) is 7.11 Å². The van der Waals surface area contributed by atoms with Gasteiger partial charge in [0.25, 0.3) is 0 Å². The van der Waals surface area contributed by atoms with E-state index in [4.69, 9.17) is 18.6 Å². The van der Waals surface area contributed by atoms with Gasteiger partial charge in [-0.2, -0.15) is 0 Å². The zero-order valence-corrected chi connectivity index (χ0v) is 20.9. The van der Waals surface area contributed by atoms with Gasteiger partial charge in [0.2, 0.25) is 8.32 Å². The Bertz CT molecular complexity index is 1100. The number of fused-ring (bicyclic) bond motifs is 1. The predicted octanol–water partition coefficient (Wildman–Crippen LogP) is 4.88. The average Bonchev–Trinajstić information content (AvgIpc) is 2.82. The number of hydrogen-bond acceptors (Lipinski definition) is 6. The van der Waals surface area contributed by atoms with Gasteiger partial charge in [-0.05, 0) is 31.3 Å². The van der Waals surface area contributed by atoms with Crippen LogP contribution in [0.2, 0.25) is 19.6 Å². The molecule has 3 atom stereocenters. The lowest BCUT2D eigenvalue weighted by molar-refractivity contribution is -0.181. The summed E-state index contributed by atoms with van der Waals surface area (Å²) in [5.74, 6) is 0.0384. The van der Waals surface area contributed by atoms with Crippen molar-refractivity contribution in [1.82, 2.24) is 0 Å². The summed E-state index contributed by atoms with van der Waals surface area (Å²) in [6, 6.07) is 18.7. The lowest BCUT2D eigenvalue weighted by atomic mass is 9.67. The number of carbonyl (C=O) groups excluding carboxylic acids is 2. The molecule has 7 heteroatoms. The van der Waals surface area contributed by atoms with Crippen LogP contribution in [0.25, 0.3) is 5.76 Å². The van der Waals surface area contributed by atoms with Gasteiger partial charge in [-0.15, -0.1) is 0 Å². The molecule has 34 heavy (non-hydrogen) atoms. The monoisotopic (exact) mass is 478 g/mol. The minimum absolute atomic E-state index is 0.0507. The number of methoxy groups -OCH3 is 1. The number of hydrogen-bond donors (Lipinski definition) is 0. The third-order valence-corrected chi connectivity index (χ3v) is 6.79. The molecular weight excluding hydrogens is 448 g/mol. The van der Waals surface area contributed by atoms with Gasteiger partial charge in [0.15, 0.2) is 11.2 Å². The number of ketones is 1. The number of allylic oxidation sites excluding steroid dienone is 1. The number of benzene rings is 2. The lowest BCUT2D eigenvalue weighted by Gasteiger charge is -2.46. The van der Waals surface area contributed by atoms with E-state index < -0.39 is 37.7 Å². The Hall–Kier alpha value is -3.16. The number of rotatable bonds is 7. The van der Waals surface area contributed by atoms with E-state index in [1.54, 1.807) is 6.08 Å². The van der Waals surface area contributed by atoms with Crippen LogP contribution in [0.1, 0.15) is 17.5 Å². The van der Waals surface area contributed by atoms with Crippen molar-refractivity contribution >= 4 is 25.8 Å². The van der Waals surface area contributed by atoms with Gasteiger partial charge in [0, 0.05) is 25.2 Å². The molecule has 0 bridgehead atoms. The Morgan fingerprint density at radius 2 is 1.71 bits per heavy atom. The fourth-order valence-electron chi connectivity index (χ4n) is 4.42. The van der Waals surface area contributed by atoms with E-state index in [9.17, 15) is 9.59 Å². The molecule has 2 aromatic carbocycles. The Kier molecular flexibility index (Phi) is 6.77. The third kappa shape index (κ3) is 4.72. The quantitative estimate of drug-likeness (QED) is 0.321. The van der Waals surface area contributed by atoms with Crippen molar-refractivity contribution in [3.05, 3.63) is 89.7 Å². The van der Waals surface area contributed by atoms with E-state index in [1.807, 2.05) is 60.7 Å². The van der Waals surface area contributed by atoms with E-state index >= 15 is 0 Å². The molecule has 2 aromatic rings. The molecule has 6 nitrogen and oxygen atoms in total. The van der Waals surface area contributed by atoms with Crippen molar-refractivity contribution in [2.24, 2.45) is 5.41 Å². The number of ether oxygens (including phenoxy) is 3. The van der Waals surface area contributed by atoms with E-state index in [2.05, 4.69) is 19.6 Å². The van der Waals surface area contributed by atoms with E-state index in [-0.39, 0.29) is 13.0 Å². The zero-order valence-electron chi connectivity index (χ0n) is 19.9. The maximum absolute atomic E-state index is 13.7. The molecule has 0 saturated carbocycles. The summed E-state index contributed by atoms with van der Waals surface area (Å²) >= 11 is 0. The predicted molar refractivity (Wildman–Crippen MR) is 131 cm³/mol. The first-order valence-corrected chi connectivity index (χ1v) is 14.8. The van der Waals surface area contributed by atoms with Gasteiger partial charge in [-0.3, -0.25) is 9.59 Å². The first kappa shape index (κ1) is 24.0. The van der Waals surface area contributed by atoms with Crippen LogP contribution in [0.4, 0.5) is 0 Å². The summed E-state index contributed by atoms with van der Waals surface area (Å²) in [4.78, 5) is 27.4. The number of esters is 1. The van der Waals surface area contributed by atoms with Crippen LogP contribution >= 0.6 is 0 Å². The molecule has 1 aliphatic carbocycles. The van der Waals surface area contributed by atoms with Gasteiger partial charge >= 0.3 is 5.97 Å². The molecule has 1 heterocycles. The molecular formula is C27H30O6Si. The minimum Gasteiger partial charge on any atom is -0.547 e. The molecule has 4 rings (SSSR count). The summed E-state index contributed by atoms with van der Waals surface area (Å²) in [5, 5.41) is 0. The smallest absolute Gasteiger partial charge is 0.327 e. The molecule has 0 fully saturated rings. The molecule has 178 valence electrons. The van der Waals surface area contributed by atoms with Crippen LogP contribution in [0.15, 0.2) is 78.6 Å². The van der Waals surface area contributed by atoms with E-state index in [0.717, 1.165) is 11.1 Å². The average molecular weight is 479 g/mol.